The van der Waals surface area contributed by atoms with Gasteiger partial charge in [0.05, 0.1) is 0 Å². The van der Waals surface area contributed by atoms with Crippen LogP contribution in [0.15, 0.2) is 30.3 Å². The van der Waals surface area contributed by atoms with E-state index in [1.165, 1.54) is 32.4 Å². The van der Waals surface area contributed by atoms with Gasteiger partial charge < -0.3 is 19.9 Å². The predicted molar refractivity (Wildman–Crippen MR) is 106 cm³/mol. The summed E-state index contributed by atoms with van der Waals surface area (Å²) in [6, 6.07) is 10.9. The van der Waals surface area contributed by atoms with Gasteiger partial charge in [-0.3, -0.25) is 4.90 Å². The second-order valence-corrected chi connectivity index (χ2v) is 8.06. The van der Waals surface area contributed by atoms with E-state index in [1.807, 2.05) is 35.2 Å². The number of likely N-dealkylation sites (tertiary alicyclic amines) is 1. The topological polar surface area (TPSA) is 48.1 Å². The van der Waals surface area contributed by atoms with Crippen molar-refractivity contribution in [1.29, 1.82) is 0 Å². The van der Waals surface area contributed by atoms with Gasteiger partial charge in [-0.2, -0.15) is 0 Å². The third-order valence-corrected chi connectivity index (χ3v) is 6.00. The maximum absolute atomic E-state index is 12.4. The van der Waals surface area contributed by atoms with Gasteiger partial charge in [0, 0.05) is 51.9 Å². The number of rotatable bonds is 7. The zero-order valence-electron chi connectivity index (χ0n) is 16.2. The molecule has 1 N–H and O–H groups in total. The molecule has 2 aliphatic heterocycles. The van der Waals surface area contributed by atoms with Gasteiger partial charge in [0.25, 0.3) is 0 Å². The van der Waals surface area contributed by atoms with Gasteiger partial charge in [-0.25, -0.2) is 4.79 Å². The standard InChI is InChI=1S/C21H32N4O2/c26-21(22-16-18-8-9-25(17-18)19-6-7-19)24-12-10-23(11-13-24)14-15-27-20-4-2-1-3-5-20/h1-5,18-19H,6-17H2,(H,22,26)/t18-/m1/s1. The molecule has 2 heterocycles. The smallest absolute Gasteiger partial charge is 0.317 e. The van der Waals surface area contributed by atoms with E-state index in [0.717, 1.165) is 51.1 Å². The molecule has 0 bridgehead atoms. The van der Waals surface area contributed by atoms with Gasteiger partial charge in [0.15, 0.2) is 0 Å². The van der Waals surface area contributed by atoms with E-state index in [1.54, 1.807) is 0 Å². The molecule has 1 aromatic carbocycles. The quantitative estimate of drug-likeness (QED) is 0.794. The Bertz CT molecular complexity index is 599. The zero-order chi connectivity index (χ0) is 18.5. The Labute approximate surface area is 162 Å². The number of carbonyl (C=O) groups is 1. The number of nitrogens with zero attached hydrogens (tertiary/aromatic N) is 3. The lowest BCUT2D eigenvalue weighted by molar-refractivity contribution is 0.125. The molecule has 6 heteroatoms. The molecule has 27 heavy (non-hydrogen) atoms. The van der Waals surface area contributed by atoms with Crippen molar-refractivity contribution in [3.63, 3.8) is 0 Å². The highest BCUT2D eigenvalue weighted by atomic mass is 16.5. The fourth-order valence-corrected chi connectivity index (χ4v) is 4.13. The third kappa shape index (κ3) is 5.36. The van der Waals surface area contributed by atoms with E-state index in [2.05, 4.69) is 15.1 Å². The first kappa shape index (κ1) is 18.6. The average Bonchev–Trinajstić information content (AvgIpc) is 3.46. The second kappa shape index (κ2) is 8.93. The van der Waals surface area contributed by atoms with E-state index in [-0.39, 0.29) is 6.03 Å². The zero-order valence-corrected chi connectivity index (χ0v) is 16.2. The van der Waals surface area contributed by atoms with Crippen molar-refractivity contribution < 1.29 is 9.53 Å². The highest BCUT2D eigenvalue weighted by molar-refractivity contribution is 5.74. The van der Waals surface area contributed by atoms with E-state index < -0.39 is 0 Å². The summed E-state index contributed by atoms with van der Waals surface area (Å²) in [7, 11) is 0. The summed E-state index contributed by atoms with van der Waals surface area (Å²) in [5.41, 5.74) is 0. The lowest BCUT2D eigenvalue weighted by Gasteiger charge is -2.34. The Morgan fingerprint density at radius 1 is 1.04 bits per heavy atom. The molecule has 0 radical (unpaired) electrons. The average molecular weight is 373 g/mol. The normalized spacial score (nSPS) is 24.1. The highest BCUT2D eigenvalue weighted by Crippen LogP contribution is 2.31. The lowest BCUT2D eigenvalue weighted by atomic mass is 10.1. The first-order chi connectivity index (χ1) is 13.3. The number of piperazine rings is 1. The molecule has 0 aromatic heterocycles. The van der Waals surface area contributed by atoms with Gasteiger partial charge in [-0.15, -0.1) is 0 Å². The van der Waals surface area contributed by atoms with Crippen LogP contribution < -0.4 is 10.1 Å². The highest BCUT2D eigenvalue weighted by Gasteiger charge is 2.34. The molecule has 3 aliphatic rings. The molecule has 0 spiro atoms. The number of carbonyl (C=O) groups excluding carboxylic acids is 1. The number of nitrogens with one attached hydrogen (secondary N) is 1. The molecule has 6 nitrogen and oxygen atoms in total. The van der Waals surface area contributed by atoms with Crippen LogP contribution in [-0.2, 0) is 0 Å². The summed E-state index contributed by atoms with van der Waals surface area (Å²) < 4.78 is 5.77. The van der Waals surface area contributed by atoms with Crippen LogP contribution in [0.1, 0.15) is 19.3 Å². The van der Waals surface area contributed by atoms with Gasteiger partial charge in [0.2, 0.25) is 0 Å². The summed E-state index contributed by atoms with van der Waals surface area (Å²) in [5, 5.41) is 3.17. The van der Waals surface area contributed by atoms with Crippen molar-refractivity contribution >= 4 is 6.03 Å². The summed E-state index contributed by atoms with van der Waals surface area (Å²) in [6.07, 6.45) is 3.98. The van der Waals surface area contributed by atoms with Crippen molar-refractivity contribution in [2.75, 3.05) is 59.0 Å². The lowest BCUT2D eigenvalue weighted by Crippen LogP contribution is -2.52. The van der Waals surface area contributed by atoms with E-state index in [9.17, 15) is 4.79 Å². The molecule has 1 aliphatic carbocycles. The Kier molecular flexibility index (Phi) is 6.14. The van der Waals surface area contributed by atoms with Crippen molar-refractivity contribution in [3.8, 4) is 5.75 Å². The fourth-order valence-electron chi connectivity index (χ4n) is 4.13. The SMILES string of the molecule is O=C(NC[C@H]1CCN(C2CC2)C1)N1CCN(CCOc2ccccc2)CC1. The second-order valence-electron chi connectivity index (χ2n) is 8.06. The van der Waals surface area contributed by atoms with Gasteiger partial charge >= 0.3 is 6.03 Å². The molecule has 148 valence electrons. The Hall–Kier alpha value is -1.79. The van der Waals surface area contributed by atoms with Crippen molar-refractivity contribution in [2.24, 2.45) is 5.92 Å². The molecule has 3 fully saturated rings. The number of urea groups is 1. The van der Waals surface area contributed by atoms with Gasteiger partial charge in [0.1, 0.15) is 12.4 Å². The minimum Gasteiger partial charge on any atom is -0.492 e. The summed E-state index contributed by atoms with van der Waals surface area (Å²) in [5.74, 6) is 1.55. The monoisotopic (exact) mass is 372 g/mol. The Balaban J connectivity index is 1.09. The molecule has 4 rings (SSSR count). The molecular weight excluding hydrogens is 340 g/mol. The first-order valence-electron chi connectivity index (χ1n) is 10.4. The predicted octanol–water partition coefficient (Wildman–Crippen LogP) is 1.88. The van der Waals surface area contributed by atoms with Gasteiger partial charge in [-0.1, -0.05) is 18.2 Å². The minimum absolute atomic E-state index is 0.111. The van der Waals surface area contributed by atoms with Crippen LogP contribution in [-0.4, -0.2) is 85.7 Å². The molecule has 1 atom stereocenters. The number of hydrogen-bond donors (Lipinski definition) is 1. The van der Waals surface area contributed by atoms with Crippen LogP contribution in [0.2, 0.25) is 0 Å². The number of hydrogen-bond acceptors (Lipinski definition) is 4. The molecule has 0 unspecified atom stereocenters. The van der Waals surface area contributed by atoms with Crippen molar-refractivity contribution in [3.05, 3.63) is 30.3 Å². The molecular formula is C21H32N4O2. The van der Waals surface area contributed by atoms with E-state index in [0.29, 0.717) is 12.5 Å². The van der Waals surface area contributed by atoms with Crippen molar-refractivity contribution in [2.45, 2.75) is 25.3 Å². The van der Waals surface area contributed by atoms with Crippen molar-refractivity contribution in [1.82, 2.24) is 20.0 Å². The molecule has 1 saturated carbocycles. The van der Waals surface area contributed by atoms with Gasteiger partial charge in [-0.05, 0) is 43.9 Å². The molecule has 2 amide bonds. The fraction of sp³-hybridized carbons (Fsp3) is 0.667. The number of para-hydroxylation sites is 1. The van der Waals surface area contributed by atoms with Crippen LogP contribution in [0.3, 0.4) is 0 Å². The van der Waals surface area contributed by atoms with Crippen LogP contribution in [0.25, 0.3) is 0 Å². The largest absolute Gasteiger partial charge is 0.492 e. The Morgan fingerprint density at radius 3 is 2.56 bits per heavy atom. The summed E-state index contributed by atoms with van der Waals surface area (Å²) >= 11 is 0. The number of ether oxygens (including phenoxy) is 1. The summed E-state index contributed by atoms with van der Waals surface area (Å²) in [6.45, 7) is 8.25. The van der Waals surface area contributed by atoms with Crippen LogP contribution >= 0.6 is 0 Å². The van der Waals surface area contributed by atoms with Crippen LogP contribution in [0.5, 0.6) is 5.75 Å². The number of benzene rings is 1. The molecule has 2 saturated heterocycles. The molecule has 1 aromatic rings. The third-order valence-electron chi connectivity index (χ3n) is 6.00. The Morgan fingerprint density at radius 2 is 1.81 bits per heavy atom. The minimum atomic E-state index is 0.111. The van der Waals surface area contributed by atoms with Crippen LogP contribution in [0.4, 0.5) is 4.79 Å². The maximum Gasteiger partial charge on any atom is 0.317 e. The van der Waals surface area contributed by atoms with E-state index in [4.69, 9.17) is 4.74 Å². The van der Waals surface area contributed by atoms with E-state index >= 15 is 0 Å². The first-order valence-corrected chi connectivity index (χ1v) is 10.4. The van der Waals surface area contributed by atoms with Crippen LogP contribution in [0, 0.1) is 5.92 Å². The summed E-state index contributed by atoms with van der Waals surface area (Å²) in [4.78, 5) is 19.4. The number of amides is 2. The maximum atomic E-state index is 12.4.